The first kappa shape index (κ1) is 12.6. The van der Waals surface area contributed by atoms with E-state index >= 15 is 0 Å². The molecular weight excluding hydrogens is 228 g/mol. The van der Waals surface area contributed by atoms with Crippen molar-refractivity contribution in [3.8, 4) is 0 Å². The van der Waals surface area contributed by atoms with Crippen LogP contribution in [0.3, 0.4) is 0 Å². The minimum Gasteiger partial charge on any atom is -0.398 e. The number of nitrogens with two attached hydrogens (primary N) is 1. The van der Waals surface area contributed by atoms with Crippen LogP contribution in [0.5, 0.6) is 0 Å². The Balaban J connectivity index is 2.26. The zero-order valence-corrected chi connectivity index (χ0v) is 10.8. The predicted octanol–water partition coefficient (Wildman–Crippen LogP) is 2.30. The number of hydrogen-bond acceptors (Lipinski definition) is 3. The molecule has 1 aromatic carbocycles. The second kappa shape index (κ2) is 4.80. The Hall–Kier alpha value is -1.84. The van der Waals surface area contributed by atoms with E-state index in [4.69, 9.17) is 5.73 Å². The molecular formula is C14H18N2O2. The molecule has 1 heterocycles. The van der Waals surface area contributed by atoms with E-state index in [9.17, 15) is 9.59 Å². The molecule has 18 heavy (non-hydrogen) atoms. The van der Waals surface area contributed by atoms with Gasteiger partial charge in [-0.25, -0.2) is 0 Å². The number of imide groups is 1. The lowest BCUT2D eigenvalue weighted by Crippen LogP contribution is -2.33. The van der Waals surface area contributed by atoms with E-state index in [1.54, 1.807) is 18.2 Å². The molecule has 2 N–H and O–H groups in total. The molecule has 0 bridgehead atoms. The highest BCUT2D eigenvalue weighted by Crippen LogP contribution is 2.28. The number of nitrogen functional groups attached to an aromatic ring is 1. The average molecular weight is 246 g/mol. The average Bonchev–Trinajstić information content (AvgIpc) is 2.56. The molecule has 1 atom stereocenters. The lowest BCUT2D eigenvalue weighted by atomic mass is 10.1. The first-order valence-electron chi connectivity index (χ1n) is 6.31. The second-order valence-electron chi connectivity index (χ2n) is 4.88. The van der Waals surface area contributed by atoms with Gasteiger partial charge in [0.15, 0.2) is 0 Å². The molecule has 0 radical (unpaired) electrons. The third-order valence-electron chi connectivity index (χ3n) is 3.31. The molecule has 0 saturated heterocycles. The summed E-state index contributed by atoms with van der Waals surface area (Å²) >= 11 is 0. The number of hydrogen-bond donors (Lipinski definition) is 1. The van der Waals surface area contributed by atoms with Crippen molar-refractivity contribution in [2.24, 2.45) is 5.92 Å². The normalized spacial score (nSPS) is 16.0. The maximum absolute atomic E-state index is 12.2. The minimum atomic E-state index is -0.254. The van der Waals surface area contributed by atoms with Gasteiger partial charge < -0.3 is 5.73 Å². The highest BCUT2D eigenvalue weighted by molar-refractivity contribution is 6.23. The van der Waals surface area contributed by atoms with Crippen molar-refractivity contribution in [3.63, 3.8) is 0 Å². The molecule has 2 rings (SSSR count). The number of anilines is 1. The fourth-order valence-corrected chi connectivity index (χ4v) is 2.42. The van der Waals surface area contributed by atoms with Gasteiger partial charge in [-0.05, 0) is 24.5 Å². The predicted molar refractivity (Wildman–Crippen MR) is 70.3 cm³/mol. The molecule has 0 spiro atoms. The maximum atomic E-state index is 12.2. The van der Waals surface area contributed by atoms with Gasteiger partial charge in [-0.1, -0.05) is 26.3 Å². The van der Waals surface area contributed by atoms with Crippen molar-refractivity contribution in [2.75, 3.05) is 12.3 Å². The molecule has 0 aliphatic carbocycles. The fraction of sp³-hybridized carbons (Fsp3) is 0.429. The summed E-state index contributed by atoms with van der Waals surface area (Å²) in [4.78, 5) is 25.7. The summed E-state index contributed by atoms with van der Waals surface area (Å²) in [5, 5.41) is 0. The van der Waals surface area contributed by atoms with E-state index in [1.807, 2.05) is 0 Å². The monoisotopic (exact) mass is 246 g/mol. The van der Waals surface area contributed by atoms with Crippen LogP contribution in [-0.4, -0.2) is 23.3 Å². The molecule has 2 amide bonds. The highest BCUT2D eigenvalue weighted by atomic mass is 16.2. The van der Waals surface area contributed by atoms with Gasteiger partial charge in [0.25, 0.3) is 11.8 Å². The van der Waals surface area contributed by atoms with Gasteiger partial charge in [-0.2, -0.15) is 0 Å². The van der Waals surface area contributed by atoms with Crippen LogP contribution in [0, 0.1) is 5.92 Å². The molecule has 1 aliphatic rings. The largest absolute Gasteiger partial charge is 0.398 e. The maximum Gasteiger partial charge on any atom is 0.263 e. The van der Waals surface area contributed by atoms with Crippen molar-refractivity contribution >= 4 is 17.5 Å². The van der Waals surface area contributed by atoms with Crippen LogP contribution in [0.15, 0.2) is 18.2 Å². The molecule has 1 unspecified atom stereocenters. The molecule has 4 heteroatoms. The third-order valence-corrected chi connectivity index (χ3v) is 3.31. The Morgan fingerprint density at radius 3 is 2.61 bits per heavy atom. The summed E-state index contributed by atoms with van der Waals surface area (Å²) in [6, 6.07) is 5.03. The van der Waals surface area contributed by atoms with Crippen LogP contribution in [0.25, 0.3) is 0 Å². The van der Waals surface area contributed by atoms with E-state index < -0.39 is 0 Å². The topological polar surface area (TPSA) is 63.4 Å². The minimum absolute atomic E-state index is 0.217. The molecule has 1 aromatic rings. The van der Waals surface area contributed by atoms with Crippen molar-refractivity contribution in [2.45, 2.75) is 26.7 Å². The van der Waals surface area contributed by atoms with Gasteiger partial charge >= 0.3 is 0 Å². The Morgan fingerprint density at radius 1 is 1.28 bits per heavy atom. The van der Waals surface area contributed by atoms with Crippen LogP contribution in [0.4, 0.5) is 5.69 Å². The lowest BCUT2D eigenvalue weighted by molar-refractivity contribution is 0.0630. The van der Waals surface area contributed by atoms with Gasteiger partial charge in [0, 0.05) is 12.2 Å². The number of amides is 2. The number of nitrogens with zero attached hydrogens (tertiary/aromatic N) is 1. The molecule has 0 saturated carbocycles. The zero-order chi connectivity index (χ0) is 13.3. The summed E-state index contributed by atoms with van der Waals surface area (Å²) in [7, 11) is 0. The smallest absolute Gasteiger partial charge is 0.263 e. The van der Waals surface area contributed by atoms with Crippen LogP contribution < -0.4 is 5.73 Å². The Kier molecular flexibility index (Phi) is 3.36. The van der Waals surface area contributed by atoms with Crippen LogP contribution >= 0.6 is 0 Å². The van der Waals surface area contributed by atoms with Crippen LogP contribution in [0.1, 0.15) is 47.4 Å². The van der Waals surface area contributed by atoms with Gasteiger partial charge in [-0.3, -0.25) is 14.5 Å². The summed E-state index contributed by atoms with van der Waals surface area (Å²) in [5.74, 6) is -0.153. The van der Waals surface area contributed by atoms with Crippen molar-refractivity contribution in [1.82, 2.24) is 4.90 Å². The Morgan fingerprint density at radius 2 is 2.00 bits per heavy atom. The fourth-order valence-electron chi connectivity index (χ4n) is 2.42. The van der Waals surface area contributed by atoms with Crippen molar-refractivity contribution < 1.29 is 9.59 Å². The van der Waals surface area contributed by atoms with Gasteiger partial charge in [0.2, 0.25) is 0 Å². The first-order chi connectivity index (χ1) is 8.56. The van der Waals surface area contributed by atoms with Crippen LogP contribution in [-0.2, 0) is 0 Å². The number of carbonyl (C=O) groups excluding carboxylic acids is 2. The summed E-state index contributed by atoms with van der Waals surface area (Å²) in [6.07, 6.45) is 2.05. The summed E-state index contributed by atoms with van der Waals surface area (Å²) in [6.45, 7) is 4.62. The third kappa shape index (κ3) is 1.98. The van der Waals surface area contributed by atoms with E-state index in [1.165, 1.54) is 4.90 Å². The number of rotatable bonds is 4. The molecule has 0 fully saturated rings. The van der Waals surface area contributed by atoms with E-state index in [0.717, 1.165) is 12.8 Å². The van der Waals surface area contributed by atoms with Crippen molar-refractivity contribution in [3.05, 3.63) is 29.3 Å². The van der Waals surface area contributed by atoms with E-state index in [2.05, 4.69) is 13.8 Å². The quantitative estimate of drug-likeness (QED) is 0.655. The SMILES string of the molecule is CCCC(C)CN1C(=O)c2cccc(N)c2C1=O. The second-order valence-corrected chi connectivity index (χ2v) is 4.88. The summed E-state index contributed by atoms with van der Waals surface area (Å²) in [5.41, 5.74) is 6.96. The molecule has 1 aliphatic heterocycles. The van der Waals surface area contributed by atoms with E-state index in [-0.39, 0.29) is 11.8 Å². The summed E-state index contributed by atoms with van der Waals surface area (Å²) < 4.78 is 0. The molecule has 96 valence electrons. The number of carbonyl (C=O) groups is 2. The van der Waals surface area contributed by atoms with E-state index in [0.29, 0.717) is 29.3 Å². The lowest BCUT2D eigenvalue weighted by Gasteiger charge is -2.18. The standard InChI is InChI=1S/C14H18N2O2/c1-3-5-9(2)8-16-13(17)10-6-4-7-11(15)12(10)14(16)18/h4,6-7,9H,3,5,8,15H2,1-2H3. The highest BCUT2D eigenvalue weighted by Gasteiger charge is 2.37. The molecule has 0 aromatic heterocycles. The van der Waals surface area contributed by atoms with Crippen LogP contribution in [0.2, 0.25) is 0 Å². The van der Waals surface area contributed by atoms with Gasteiger partial charge in [0.1, 0.15) is 0 Å². The Labute approximate surface area is 107 Å². The van der Waals surface area contributed by atoms with Gasteiger partial charge in [-0.15, -0.1) is 0 Å². The zero-order valence-electron chi connectivity index (χ0n) is 10.8. The van der Waals surface area contributed by atoms with Gasteiger partial charge in [0.05, 0.1) is 11.1 Å². The number of fused-ring (bicyclic) bond motifs is 1. The van der Waals surface area contributed by atoms with Crippen molar-refractivity contribution in [1.29, 1.82) is 0 Å². The number of benzene rings is 1. The first-order valence-corrected chi connectivity index (χ1v) is 6.31. The Bertz CT molecular complexity index is 497. The molecule has 4 nitrogen and oxygen atoms in total.